The second-order valence-corrected chi connectivity index (χ2v) is 6.58. The first-order valence-corrected chi connectivity index (χ1v) is 8.51. The van der Waals surface area contributed by atoms with Crippen molar-refractivity contribution < 1.29 is 4.79 Å². The zero-order valence-electron chi connectivity index (χ0n) is 13.6. The van der Waals surface area contributed by atoms with Crippen molar-refractivity contribution in [3.63, 3.8) is 0 Å². The molecule has 0 aliphatic carbocycles. The zero-order valence-corrected chi connectivity index (χ0v) is 14.4. The Morgan fingerprint density at radius 2 is 2.04 bits per heavy atom. The topological polar surface area (TPSA) is 85.1 Å². The van der Waals surface area contributed by atoms with Crippen LogP contribution in [0.25, 0.3) is 16.9 Å². The highest BCUT2D eigenvalue weighted by Crippen LogP contribution is 2.22. The highest BCUT2D eigenvalue weighted by atomic mass is 32.1. The molecule has 8 heteroatoms. The average Bonchev–Trinajstić information content (AvgIpc) is 3.21. The summed E-state index contributed by atoms with van der Waals surface area (Å²) in [5.41, 5.74) is 3.48. The van der Waals surface area contributed by atoms with Crippen LogP contribution in [0.4, 0.5) is 5.69 Å². The molecule has 0 radical (unpaired) electrons. The van der Waals surface area contributed by atoms with Crippen molar-refractivity contribution in [1.82, 2.24) is 24.8 Å². The van der Waals surface area contributed by atoms with Crippen molar-refractivity contribution in [2.45, 2.75) is 13.8 Å². The third kappa shape index (κ3) is 2.99. The van der Waals surface area contributed by atoms with Crippen LogP contribution in [0.1, 0.15) is 21.3 Å². The van der Waals surface area contributed by atoms with Crippen LogP contribution in [0.5, 0.6) is 0 Å². The Morgan fingerprint density at radius 1 is 1.16 bits per heavy atom. The Morgan fingerprint density at radius 3 is 2.84 bits per heavy atom. The minimum absolute atomic E-state index is 0.223. The molecule has 3 aromatic heterocycles. The van der Waals surface area contributed by atoms with Gasteiger partial charge in [0.25, 0.3) is 5.91 Å². The fraction of sp³-hybridized carbons (Fsp3) is 0.118. The third-order valence-electron chi connectivity index (χ3n) is 3.69. The van der Waals surface area contributed by atoms with Crippen molar-refractivity contribution >= 4 is 28.6 Å². The fourth-order valence-corrected chi connectivity index (χ4v) is 3.06. The molecule has 124 valence electrons. The van der Waals surface area contributed by atoms with Crippen LogP contribution in [-0.4, -0.2) is 30.7 Å². The Bertz CT molecular complexity index is 1080. The van der Waals surface area contributed by atoms with E-state index in [4.69, 9.17) is 0 Å². The Kier molecular flexibility index (Phi) is 3.73. The molecule has 0 saturated heterocycles. The summed E-state index contributed by atoms with van der Waals surface area (Å²) < 4.78 is 1.69. The summed E-state index contributed by atoms with van der Waals surface area (Å²) >= 11 is 1.45. The lowest BCUT2D eigenvalue weighted by Gasteiger charge is -2.06. The highest BCUT2D eigenvalue weighted by Gasteiger charge is 2.11. The van der Waals surface area contributed by atoms with Crippen LogP contribution in [-0.2, 0) is 0 Å². The smallest absolute Gasteiger partial charge is 0.275 e. The second kappa shape index (κ2) is 6.06. The molecular formula is C17H14N6OS. The van der Waals surface area contributed by atoms with E-state index in [9.17, 15) is 4.79 Å². The van der Waals surface area contributed by atoms with Crippen LogP contribution < -0.4 is 5.32 Å². The molecule has 0 spiro atoms. The second-order valence-electron chi connectivity index (χ2n) is 5.52. The summed E-state index contributed by atoms with van der Waals surface area (Å²) in [4.78, 5) is 16.5. The fourth-order valence-electron chi connectivity index (χ4n) is 2.47. The maximum absolute atomic E-state index is 12.3. The van der Waals surface area contributed by atoms with E-state index < -0.39 is 0 Å². The van der Waals surface area contributed by atoms with Gasteiger partial charge in [0, 0.05) is 16.6 Å². The molecule has 0 aliphatic rings. The predicted octanol–water partition coefficient (Wildman–Crippen LogP) is 3.12. The maximum Gasteiger partial charge on any atom is 0.275 e. The lowest BCUT2D eigenvalue weighted by molar-refractivity contribution is 0.102. The van der Waals surface area contributed by atoms with Gasteiger partial charge in [-0.1, -0.05) is 12.1 Å². The Hall–Kier alpha value is -3.13. The summed E-state index contributed by atoms with van der Waals surface area (Å²) in [6.07, 6.45) is 0. The van der Waals surface area contributed by atoms with Gasteiger partial charge in [-0.3, -0.25) is 4.79 Å². The van der Waals surface area contributed by atoms with Gasteiger partial charge in [-0.05, 0) is 38.1 Å². The van der Waals surface area contributed by atoms with Crippen LogP contribution >= 0.6 is 11.3 Å². The van der Waals surface area contributed by atoms with E-state index >= 15 is 0 Å². The van der Waals surface area contributed by atoms with E-state index in [1.54, 1.807) is 9.90 Å². The number of aryl methyl sites for hydroxylation is 2. The number of rotatable bonds is 3. The lowest BCUT2D eigenvalue weighted by Crippen LogP contribution is -2.12. The van der Waals surface area contributed by atoms with E-state index in [1.807, 2.05) is 50.2 Å². The van der Waals surface area contributed by atoms with E-state index in [1.165, 1.54) is 11.3 Å². The first-order valence-electron chi connectivity index (χ1n) is 7.63. The number of fused-ring (bicyclic) bond motifs is 1. The van der Waals surface area contributed by atoms with Crippen LogP contribution in [0, 0.1) is 13.8 Å². The van der Waals surface area contributed by atoms with Gasteiger partial charge in [-0.25, -0.2) is 4.98 Å². The molecule has 0 bridgehead atoms. The van der Waals surface area contributed by atoms with E-state index in [0.29, 0.717) is 17.0 Å². The summed E-state index contributed by atoms with van der Waals surface area (Å²) in [5.74, 6) is 0.500. The van der Waals surface area contributed by atoms with Gasteiger partial charge in [0.05, 0.1) is 10.7 Å². The SMILES string of the molecule is Cc1nc(C(=O)Nc2cccc(-c3ccc4nnc(C)n4n3)c2)cs1. The molecule has 0 fully saturated rings. The van der Waals surface area contributed by atoms with Gasteiger partial charge in [0.15, 0.2) is 11.5 Å². The van der Waals surface area contributed by atoms with Crippen molar-refractivity contribution in [2.24, 2.45) is 0 Å². The number of hydrogen-bond donors (Lipinski definition) is 1. The molecule has 0 unspecified atom stereocenters. The summed E-state index contributed by atoms with van der Waals surface area (Å²) in [6, 6.07) is 11.3. The molecule has 25 heavy (non-hydrogen) atoms. The molecule has 4 rings (SSSR count). The van der Waals surface area contributed by atoms with Gasteiger partial charge < -0.3 is 5.32 Å². The van der Waals surface area contributed by atoms with E-state index in [0.717, 1.165) is 22.1 Å². The van der Waals surface area contributed by atoms with Crippen molar-refractivity contribution in [3.05, 3.63) is 58.3 Å². The largest absolute Gasteiger partial charge is 0.321 e. The molecule has 1 N–H and O–H groups in total. The monoisotopic (exact) mass is 350 g/mol. The molecular weight excluding hydrogens is 336 g/mol. The number of nitrogens with zero attached hydrogens (tertiary/aromatic N) is 5. The number of anilines is 1. The van der Waals surface area contributed by atoms with Crippen LogP contribution in [0.2, 0.25) is 0 Å². The Labute approximate surface area is 147 Å². The van der Waals surface area contributed by atoms with Gasteiger partial charge >= 0.3 is 0 Å². The van der Waals surface area contributed by atoms with Gasteiger partial charge in [-0.15, -0.1) is 21.5 Å². The minimum atomic E-state index is -0.223. The van der Waals surface area contributed by atoms with E-state index in [-0.39, 0.29) is 5.91 Å². The predicted molar refractivity (Wildman–Crippen MR) is 95.8 cm³/mol. The number of carbonyl (C=O) groups excluding carboxylic acids is 1. The number of hydrogen-bond acceptors (Lipinski definition) is 6. The quantitative estimate of drug-likeness (QED) is 0.613. The molecule has 0 atom stereocenters. The molecule has 1 amide bonds. The number of carbonyl (C=O) groups is 1. The summed E-state index contributed by atoms with van der Waals surface area (Å²) in [5, 5.41) is 18.1. The number of benzene rings is 1. The van der Waals surface area contributed by atoms with Crippen molar-refractivity contribution in [3.8, 4) is 11.3 Å². The van der Waals surface area contributed by atoms with Gasteiger partial charge in [0.2, 0.25) is 0 Å². The first kappa shape index (κ1) is 15.4. The third-order valence-corrected chi connectivity index (χ3v) is 4.46. The molecule has 1 aromatic carbocycles. The van der Waals surface area contributed by atoms with Gasteiger partial charge in [0.1, 0.15) is 5.69 Å². The summed E-state index contributed by atoms with van der Waals surface area (Å²) in [7, 11) is 0. The maximum atomic E-state index is 12.3. The standard InChI is InChI=1S/C17H14N6OS/c1-10-20-21-16-7-6-14(22-23(10)16)12-4-3-5-13(8-12)19-17(24)15-9-25-11(2)18-15/h3-9H,1-2H3,(H,19,24). The molecule has 4 aromatic rings. The zero-order chi connectivity index (χ0) is 17.4. The Balaban J connectivity index is 1.64. The molecule has 7 nitrogen and oxygen atoms in total. The minimum Gasteiger partial charge on any atom is -0.321 e. The number of nitrogens with one attached hydrogen (secondary N) is 1. The van der Waals surface area contributed by atoms with Crippen molar-refractivity contribution in [1.29, 1.82) is 0 Å². The lowest BCUT2D eigenvalue weighted by atomic mass is 10.1. The molecule has 0 saturated carbocycles. The van der Waals surface area contributed by atoms with Gasteiger partial charge in [-0.2, -0.15) is 9.61 Å². The number of amides is 1. The average molecular weight is 350 g/mol. The molecule has 3 heterocycles. The van der Waals surface area contributed by atoms with Crippen molar-refractivity contribution in [2.75, 3.05) is 5.32 Å². The van der Waals surface area contributed by atoms with Crippen LogP contribution in [0.15, 0.2) is 41.8 Å². The first-order chi connectivity index (χ1) is 12.1. The molecule has 0 aliphatic heterocycles. The summed E-state index contributed by atoms with van der Waals surface area (Å²) in [6.45, 7) is 3.72. The highest BCUT2D eigenvalue weighted by molar-refractivity contribution is 7.09. The van der Waals surface area contributed by atoms with Crippen LogP contribution in [0.3, 0.4) is 0 Å². The normalized spacial score (nSPS) is 11.0. The number of thiazole rings is 1. The van der Waals surface area contributed by atoms with E-state index in [2.05, 4.69) is 25.6 Å². The number of aromatic nitrogens is 5.